The standard InChI is InChI=1S/C46H79N2O10PS/c1-28(2)30-13-18-46(47-26-34(29(3)57-27-59(52,53)54)48-21-23-60(55,56)24-22-48)20-19-44(9)31(38(30)46)11-12-36-43(8)16-15-37(42(6,7)35(43)14-17-45(36,44)10)58-40(51)33-25-32(39(49)50)41(33,4)5/h28-38,47H,11-27H2,1-10H3,(H,49,50)(H2,52,53,54)/t29-,30+,31-,32+,33-,34-,35+,36-,37+,38-,43+,44-,45-,46+/m1/s1. The van der Waals surface area contributed by atoms with Crippen LogP contribution in [0.4, 0.5) is 0 Å². The molecule has 1 saturated heterocycles. The fraction of sp³-hybridized carbons (Fsp3) is 0.957. The summed E-state index contributed by atoms with van der Waals surface area (Å²) < 4.78 is 49.0. The third-order valence-electron chi connectivity index (χ3n) is 19.9. The van der Waals surface area contributed by atoms with Gasteiger partial charge in [0.05, 0.1) is 29.4 Å². The van der Waals surface area contributed by atoms with Gasteiger partial charge >= 0.3 is 19.5 Å². The zero-order valence-corrected chi connectivity index (χ0v) is 40.1. The van der Waals surface area contributed by atoms with Crippen molar-refractivity contribution in [3.8, 4) is 0 Å². The molecule has 0 unspecified atom stereocenters. The number of ether oxygens (including phenoxy) is 2. The fourth-order valence-electron chi connectivity index (χ4n) is 16.1. The molecule has 6 saturated carbocycles. The first-order valence-electron chi connectivity index (χ1n) is 23.4. The van der Waals surface area contributed by atoms with Crippen molar-refractivity contribution < 1.29 is 46.9 Å². The molecule has 0 amide bonds. The molecular weight excluding hydrogens is 804 g/mol. The maximum Gasteiger partial charge on any atom is 0.350 e. The molecule has 0 bridgehead atoms. The number of hydrogen-bond donors (Lipinski definition) is 4. The number of sulfone groups is 1. The lowest BCUT2D eigenvalue weighted by atomic mass is 9.32. The molecule has 0 aromatic heterocycles. The Bertz CT molecular complexity index is 1800. The number of hydrogen-bond acceptors (Lipinski definition) is 9. The van der Waals surface area contributed by atoms with E-state index in [4.69, 9.17) is 9.47 Å². The highest BCUT2D eigenvalue weighted by molar-refractivity contribution is 7.91. The van der Waals surface area contributed by atoms with E-state index >= 15 is 0 Å². The predicted octanol–water partition coefficient (Wildman–Crippen LogP) is 7.36. The van der Waals surface area contributed by atoms with Crippen molar-refractivity contribution in [2.45, 2.75) is 164 Å². The second-order valence-corrected chi connectivity index (χ2v) is 27.3. The van der Waals surface area contributed by atoms with Crippen molar-refractivity contribution in [3.05, 3.63) is 0 Å². The summed E-state index contributed by atoms with van der Waals surface area (Å²) >= 11 is 0. The van der Waals surface area contributed by atoms with Gasteiger partial charge in [-0.05, 0) is 135 Å². The smallest absolute Gasteiger partial charge is 0.350 e. The number of carboxylic acids is 1. The monoisotopic (exact) mass is 883 g/mol. The van der Waals surface area contributed by atoms with E-state index in [1.54, 1.807) is 0 Å². The topological polar surface area (TPSA) is 180 Å². The second-order valence-electron chi connectivity index (χ2n) is 23.4. The van der Waals surface area contributed by atoms with Gasteiger partial charge in [-0.15, -0.1) is 0 Å². The zero-order valence-electron chi connectivity index (χ0n) is 38.4. The van der Waals surface area contributed by atoms with Gasteiger partial charge in [0.25, 0.3) is 0 Å². The van der Waals surface area contributed by atoms with Gasteiger partial charge in [0.15, 0.2) is 9.84 Å². The Morgan fingerprint density at radius 3 is 2.08 bits per heavy atom. The summed E-state index contributed by atoms with van der Waals surface area (Å²) in [4.78, 5) is 47.0. The first-order valence-corrected chi connectivity index (χ1v) is 27.0. The number of carbonyl (C=O) groups excluding carboxylic acids is 1. The van der Waals surface area contributed by atoms with E-state index in [2.05, 4.69) is 58.7 Å². The van der Waals surface area contributed by atoms with Crippen LogP contribution in [0.25, 0.3) is 0 Å². The molecule has 6 aliphatic carbocycles. The Morgan fingerprint density at radius 2 is 1.48 bits per heavy atom. The van der Waals surface area contributed by atoms with E-state index in [1.165, 1.54) is 19.3 Å². The molecule has 12 nitrogen and oxygen atoms in total. The van der Waals surface area contributed by atoms with Gasteiger partial charge in [0.2, 0.25) is 0 Å². The van der Waals surface area contributed by atoms with E-state index in [0.29, 0.717) is 61.6 Å². The molecule has 1 heterocycles. The van der Waals surface area contributed by atoms with Crippen LogP contribution < -0.4 is 5.32 Å². The zero-order chi connectivity index (χ0) is 44.2. The lowest BCUT2D eigenvalue weighted by Crippen LogP contribution is -2.69. The average molecular weight is 883 g/mol. The van der Waals surface area contributed by atoms with Crippen molar-refractivity contribution in [2.75, 3.05) is 37.5 Å². The lowest BCUT2D eigenvalue weighted by molar-refractivity contribution is -0.249. The van der Waals surface area contributed by atoms with E-state index in [1.807, 2.05) is 20.8 Å². The predicted molar refractivity (Wildman–Crippen MR) is 232 cm³/mol. The number of nitrogens with one attached hydrogen (secondary N) is 1. The number of fused-ring (bicyclic) bond motifs is 7. The molecule has 344 valence electrons. The first kappa shape index (κ1) is 46.9. The minimum atomic E-state index is -4.38. The van der Waals surface area contributed by atoms with E-state index < -0.39 is 47.2 Å². The van der Waals surface area contributed by atoms with Gasteiger partial charge in [-0.1, -0.05) is 62.3 Å². The van der Waals surface area contributed by atoms with Crippen LogP contribution in [-0.4, -0.2) is 101 Å². The molecule has 14 atom stereocenters. The SMILES string of the molecule is CC(C)[C@@H]1CC[C@]2(NC[C@H]([C@@H](C)OCP(=O)(O)O)N3CCS(=O)(=O)CC3)CC[C@]3(C)[C@H](CC[C@@H]4[C@@]5(C)CC[C@H](OC(=O)[C@H]6C[C@@H](C(=O)O)C6(C)C)C(C)(C)[C@@H]5CC[C@]43C)[C@@H]12. The van der Waals surface area contributed by atoms with Gasteiger partial charge in [0, 0.05) is 36.6 Å². The average Bonchev–Trinajstić information content (AvgIpc) is 3.52. The molecule has 7 aliphatic rings. The molecule has 0 radical (unpaired) electrons. The van der Waals surface area contributed by atoms with Crippen LogP contribution in [-0.2, 0) is 33.5 Å². The quantitative estimate of drug-likeness (QED) is 0.113. The van der Waals surface area contributed by atoms with Crippen molar-refractivity contribution >= 4 is 29.4 Å². The summed E-state index contributed by atoms with van der Waals surface area (Å²) in [7, 11) is -7.50. The summed E-state index contributed by atoms with van der Waals surface area (Å²) in [6, 6.07) is -0.225. The molecule has 7 rings (SSSR count). The van der Waals surface area contributed by atoms with Gasteiger partial charge in [-0.2, -0.15) is 0 Å². The highest BCUT2D eigenvalue weighted by atomic mass is 32.2. The number of esters is 1. The Kier molecular flexibility index (Phi) is 12.4. The maximum atomic E-state index is 13.7. The van der Waals surface area contributed by atoms with Crippen LogP contribution in [0.2, 0.25) is 0 Å². The molecule has 7 fully saturated rings. The first-order chi connectivity index (χ1) is 27.6. The van der Waals surface area contributed by atoms with Crippen LogP contribution in [0.15, 0.2) is 0 Å². The van der Waals surface area contributed by atoms with Crippen molar-refractivity contribution in [1.82, 2.24) is 10.2 Å². The molecular formula is C46H79N2O10PS. The molecule has 0 spiro atoms. The third-order valence-corrected chi connectivity index (χ3v) is 22.0. The Morgan fingerprint density at radius 1 is 0.817 bits per heavy atom. The number of carboxylic acid groups (broad SMARTS) is 1. The Balaban J connectivity index is 1.11. The van der Waals surface area contributed by atoms with E-state index in [9.17, 15) is 37.5 Å². The lowest BCUT2D eigenvalue weighted by Gasteiger charge is -2.73. The van der Waals surface area contributed by atoms with Crippen LogP contribution >= 0.6 is 7.60 Å². The van der Waals surface area contributed by atoms with Crippen molar-refractivity contribution in [1.29, 1.82) is 0 Å². The highest BCUT2D eigenvalue weighted by Crippen LogP contribution is 2.76. The summed E-state index contributed by atoms with van der Waals surface area (Å²) in [5.74, 6) is 1.30. The summed E-state index contributed by atoms with van der Waals surface area (Å²) in [6.45, 7) is 24.3. The molecule has 4 N–H and O–H groups in total. The molecule has 0 aromatic carbocycles. The summed E-state index contributed by atoms with van der Waals surface area (Å²) in [5, 5.41) is 13.9. The molecule has 60 heavy (non-hydrogen) atoms. The normalized spacial score (nSPS) is 44.3. The summed E-state index contributed by atoms with van der Waals surface area (Å²) in [6.07, 6.45) is 9.96. The Hall–Kier alpha value is -1.08. The Labute approximate surface area is 360 Å². The molecule has 14 heteroatoms. The molecule has 1 aliphatic heterocycles. The minimum absolute atomic E-state index is 0.0735. The van der Waals surface area contributed by atoms with Gasteiger partial charge in [0.1, 0.15) is 12.5 Å². The number of rotatable bonds is 12. The number of aliphatic carboxylic acids is 1. The number of nitrogens with zero attached hydrogens (tertiary/aromatic N) is 1. The van der Waals surface area contributed by atoms with Crippen LogP contribution in [0, 0.1) is 74.4 Å². The van der Waals surface area contributed by atoms with Crippen LogP contribution in [0.1, 0.15) is 140 Å². The largest absolute Gasteiger partial charge is 0.481 e. The van der Waals surface area contributed by atoms with Gasteiger partial charge in [-0.3, -0.25) is 19.1 Å². The number of carbonyl (C=O) groups is 2. The third kappa shape index (κ3) is 7.71. The van der Waals surface area contributed by atoms with Crippen molar-refractivity contribution in [3.63, 3.8) is 0 Å². The van der Waals surface area contributed by atoms with E-state index in [0.717, 1.165) is 44.9 Å². The second kappa shape index (κ2) is 15.8. The maximum absolute atomic E-state index is 13.7. The minimum Gasteiger partial charge on any atom is -0.481 e. The summed E-state index contributed by atoms with van der Waals surface area (Å²) in [5.41, 5.74) is -0.499. The van der Waals surface area contributed by atoms with Crippen LogP contribution in [0.3, 0.4) is 0 Å². The van der Waals surface area contributed by atoms with Crippen molar-refractivity contribution in [2.24, 2.45) is 74.4 Å². The molecule has 0 aromatic rings. The highest BCUT2D eigenvalue weighted by Gasteiger charge is 2.71. The van der Waals surface area contributed by atoms with Gasteiger partial charge < -0.3 is 29.7 Å². The fourth-order valence-corrected chi connectivity index (χ4v) is 17.8. The van der Waals surface area contributed by atoms with E-state index in [-0.39, 0.29) is 62.7 Å². The van der Waals surface area contributed by atoms with Gasteiger partial charge in [-0.25, -0.2) is 8.42 Å². The van der Waals surface area contributed by atoms with Crippen LogP contribution in [0.5, 0.6) is 0 Å².